The minimum Gasteiger partial charge on any atom is -0.493 e. The van der Waals surface area contributed by atoms with Gasteiger partial charge in [-0.05, 0) is 82.1 Å². The number of hydrogen-bond donors (Lipinski definition) is 1. The van der Waals surface area contributed by atoms with Gasteiger partial charge < -0.3 is 14.6 Å². The van der Waals surface area contributed by atoms with Crippen LogP contribution in [0.25, 0.3) is 22.6 Å². The number of carboxylic acid groups (broad SMARTS) is 1. The summed E-state index contributed by atoms with van der Waals surface area (Å²) in [5.74, 6) is 0.745. The molecular weight excluding hydrogens is 470 g/mol. The van der Waals surface area contributed by atoms with Gasteiger partial charge in [0.05, 0.1) is 35.0 Å². The van der Waals surface area contributed by atoms with Crippen LogP contribution in [0.3, 0.4) is 0 Å². The van der Waals surface area contributed by atoms with Crippen LogP contribution in [0.15, 0.2) is 40.9 Å². The maximum absolute atomic E-state index is 12.2. The van der Waals surface area contributed by atoms with Crippen LogP contribution in [-0.4, -0.2) is 29.8 Å². The average Bonchev–Trinajstić information content (AvgIpc) is 2.76. The first-order chi connectivity index (χ1) is 15.4. The number of nitrogens with zero attached hydrogens (tertiary/aromatic N) is 1. The Bertz CT molecular complexity index is 1220. The van der Waals surface area contributed by atoms with E-state index in [1.807, 2.05) is 36.4 Å². The molecule has 1 unspecified atom stereocenters. The van der Waals surface area contributed by atoms with Gasteiger partial charge in [0.2, 0.25) is 0 Å². The Morgan fingerprint density at radius 3 is 2.78 bits per heavy atom. The summed E-state index contributed by atoms with van der Waals surface area (Å²) in [7, 11) is 1.63. The average molecular weight is 496 g/mol. The predicted octanol–water partition coefficient (Wildman–Crippen LogP) is 6.62. The van der Waals surface area contributed by atoms with Crippen LogP contribution in [0.4, 0.5) is 0 Å². The first kappa shape index (κ1) is 22.3. The molecule has 0 spiro atoms. The number of ether oxygens (including phenoxy) is 2. The van der Waals surface area contributed by atoms with Crippen molar-refractivity contribution in [3.05, 3.63) is 63.3 Å². The fourth-order valence-electron chi connectivity index (χ4n) is 4.35. The first-order valence-corrected chi connectivity index (χ1v) is 11.6. The second-order valence-corrected chi connectivity index (χ2v) is 9.06. The van der Waals surface area contributed by atoms with Gasteiger partial charge in [0.25, 0.3) is 0 Å². The maximum Gasteiger partial charge on any atom is 0.336 e. The Morgan fingerprint density at radius 2 is 2.06 bits per heavy atom. The zero-order valence-electron chi connectivity index (χ0n) is 18.4. The lowest BCUT2D eigenvalue weighted by molar-refractivity contribution is 0.0697. The van der Waals surface area contributed by atoms with E-state index in [1.165, 1.54) is 0 Å². The number of carbonyl (C=O) groups is 1. The molecule has 6 heteroatoms. The van der Waals surface area contributed by atoms with Crippen LogP contribution in [0.2, 0.25) is 0 Å². The Labute approximate surface area is 196 Å². The highest BCUT2D eigenvalue weighted by Crippen LogP contribution is 2.41. The van der Waals surface area contributed by atoms with Crippen molar-refractivity contribution >= 4 is 44.5 Å². The summed E-state index contributed by atoms with van der Waals surface area (Å²) in [6.07, 6.45) is 4.51. The highest BCUT2D eigenvalue weighted by Gasteiger charge is 2.28. The number of halogens is 1. The zero-order chi connectivity index (χ0) is 22.8. The molecule has 0 saturated carbocycles. The molecule has 1 aliphatic rings. The van der Waals surface area contributed by atoms with Crippen LogP contribution in [-0.2, 0) is 6.42 Å². The van der Waals surface area contributed by atoms with Gasteiger partial charge in [0.15, 0.2) is 11.5 Å². The van der Waals surface area contributed by atoms with Crippen molar-refractivity contribution < 1.29 is 19.4 Å². The Hall–Kier alpha value is -2.86. The molecule has 1 atom stereocenters. The van der Waals surface area contributed by atoms with E-state index < -0.39 is 5.97 Å². The third-order valence-electron chi connectivity index (χ3n) is 5.68. The number of aromatic nitrogens is 1. The number of aromatic carboxylic acids is 1. The van der Waals surface area contributed by atoms with Crippen molar-refractivity contribution in [1.29, 1.82) is 0 Å². The van der Waals surface area contributed by atoms with Crippen LogP contribution < -0.4 is 9.47 Å². The van der Waals surface area contributed by atoms with Gasteiger partial charge in [-0.1, -0.05) is 32.0 Å². The second kappa shape index (κ2) is 9.33. The minimum atomic E-state index is -0.907. The number of rotatable bonds is 6. The summed E-state index contributed by atoms with van der Waals surface area (Å²) in [4.78, 5) is 17.1. The number of methoxy groups -OCH3 is 1. The summed E-state index contributed by atoms with van der Waals surface area (Å²) in [5.41, 5.74) is 4.63. The monoisotopic (exact) mass is 495 g/mol. The number of allylic oxidation sites excluding steroid dienone is 1. The molecule has 0 bridgehead atoms. The molecular formula is C26H26BrNO4. The standard InChI is InChI=1S/C26H26BrNO4/c1-4-9-32-25-20(27)13-16(14-22(25)31-3)12-17-10-15(2)11-19-23(26(29)30)18-7-5-6-8-21(18)28-24(17)19/h5-8,12-15H,4,9-11H2,1-3H3,(H,29,30). The van der Waals surface area contributed by atoms with Gasteiger partial charge in [-0.15, -0.1) is 0 Å². The molecule has 0 radical (unpaired) electrons. The predicted molar refractivity (Wildman–Crippen MR) is 131 cm³/mol. The van der Waals surface area contributed by atoms with E-state index in [0.717, 1.165) is 39.7 Å². The fraction of sp³-hybridized carbons (Fsp3) is 0.308. The topological polar surface area (TPSA) is 68.7 Å². The lowest BCUT2D eigenvalue weighted by Crippen LogP contribution is -2.17. The maximum atomic E-state index is 12.2. The molecule has 2 aromatic carbocycles. The molecule has 0 amide bonds. The van der Waals surface area contributed by atoms with Crippen molar-refractivity contribution in [2.45, 2.75) is 33.1 Å². The van der Waals surface area contributed by atoms with Crippen LogP contribution in [0.5, 0.6) is 11.5 Å². The van der Waals surface area contributed by atoms with Gasteiger partial charge in [0.1, 0.15) is 0 Å². The quantitative estimate of drug-likeness (QED) is 0.416. The summed E-state index contributed by atoms with van der Waals surface area (Å²) in [6.45, 7) is 4.81. The second-order valence-electron chi connectivity index (χ2n) is 8.20. The molecule has 5 nitrogen and oxygen atoms in total. The number of fused-ring (bicyclic) bond motifs is 2. The van der Waals surface area contributed by atoms with Gasteiger partial charge >= 0.3 is 5.97 Å². The Balaban J connectivity index is 1.88. The normalized spacial score (nSPS) is 16.8. The number of para-hydroxylation sites is 1. The van der Waals surface area contributed by atoms with Crippen molar-refractivity contribution in [1.82, 2.24) is 4.98 Å². The largest absolute Gasteiger partial charge is 0.493 e. The van der Waals surface area contributed by atoms with Crippen molar-refractivity contribution in [3.63, 3.8) is 0 Å². The molecule has 32 heavy (non-hydrogen) atoms. The highest BCUT2D eigenvalue weighted by molar-refractivity contribution is 9.10. The Morgan fingerprint density at radius 1 is 1.28 bits per heavy atom. The lowest BCUT2D eigenvalue weighted by atomic mass is 9.80. The van der Waals surface area contributed by atoms with E-state index in [2.05, 4.69) is 35.9 Å². The molecule has 1 N–H and O–H groups in total. The van der Waals surface area contributed by atoms with E-state index in [1.54, 1.807) is 7.11 Å². The van der Waals surface area contributed by atoms with Crippen molar-refractivity contribution in [3.8, 4) is 11.5 Å². The van der Waals surface area contributed by atoms with Gasteiger partial charge in [0, 0.05) is 5.39 Å². The molecule has 1 aromatic heterocycles. The molecule has 1 heterocycles. The lowest BCUT2D eigenvalue weighted by Gasteiger charge is -2.26. The minimum absolute atomic E-state index is 0.312. The van der Waals surface area contributed by atoms with Crippen LogP contribution >= 0.6 is 15.9 Å². The molecule has 1 aliphatic carbocycles. The fourth-order valence-corrected chi connectivity index (χ4v) is 4.92. The van der Waals surface area contributed by atoms with E-state index in [9.17, 15) is 9.90 Å². The SMILES string of the molecule is CCCOc1c(Br)cc(C=C2CC(C)Cc3c2nc2ccccc2c3C(=O)O)cc1OC. The van der Waals surface area contributed by atoms with E-state index in [4.69, 9.17) is 14.5 Å². The Kier molecular flexibility index (Phi) is 6.51. The number of hydrogen-bond acceptors (Lipinski definition) is 4. The van der Waals surface area contributed by atoms with Crippen molar-refractivity contribution in [2.75, 3.05) is 13.7 Å². The number of pyridine rings is 1. The zero-order valence-corrected chi connectivity index (χ0v) is 20.0. The third kappa shape index (κ3) is 4.24. The molecule has 0 fully saturated rings. The molecule has 0 saturated heterocycles. The summed E-state index contributed by atoms with van der Waals surface area (Å²) in [5, 5.41) is 10.7. The molecule has 166 valence electrons. The van der Waals surface area contributed by atoms with Crippen LogP contribution in [0.1, 0.15) is 53.9 Å². The summed E-state index contributed by atoms with van der Waals surface area (Å²) < 4.78 is 12.2. The molecule has 3 aromatic rings. The molecule has 4 rings (SSSR count). The van der Waals surface area contributed by atoms with Gasteiger partial charge in [-0.2, -0.15) is 0 Å². The van der Waals surface area contributed by atoms with Gasteiger partial charge in [-0.25, -0.2) is 9.78 Å². The third-order valence-corrected chi connectivity index (χ3v) is 6.26. The summed E-state index contributed by atoms with van der Waals surface area (Å²) in [6, 6.07) is 11.4. The highest BCUT2D eigenvalue weighted by atomic mass is 79.9. The van der Waals surface area contributed by atoms with Crippen molar-refractivity contribution in [2.24, 2.45) is 5.92 Å². The van der Waals surface area contributed by atoms with E-state index in [0.29, 0.717) is 46.9 Å². The van der Waals surface area contributed by atoms with Crippen LogP contribution in [0, 0.1) is 5.92 Å². The smallest absolute Gasteiger partial charge is 0.336 e. The van der Waals surface area contributed by atoms with Gasteiger partial charge in [-0.3, -0.25) is 0 Å². The number of carboxylic acids is 1. The first-order valence-electron chi connectivity index (χ1n) is 10.8. The summed E-state index contributed by atoms with van der Waals surface area (Å²) >= 11 is 3.61. The molecule has 0 aliphatic heterocycles. The van der Waals surface area contributed by atoms with E-state index in [-0.39, 0.29) is 0 Å². The van der Waals surface area contributed by atoms with E-state index >= 15 is 0 Å². The number of benzene rings is 2.